The number of primary amides is 1. The molecule has 0 aromatic rings. The van der Waals surface area contributed by atoms with Crippen LogP contribution >= 0.6 is 0 Å². The number of rotatable bonds is 8. The first-order valence-electron chi connectivity index (χ1n) is 12.9. The molecule has 2 amide bonds. The van der Waals surface area contributed by atoms with Crippen molar-refractivity contribution in [3.8, 4) is 0 Å². The minimum absolute atomic E-state index is 0.0727. The van der Waals surface area contributed by atoms with Gasteiger partial charge >= 0.3 is 5.97 Å². The summed E-state index contributed by atoms with van der Waals surface area (Å²) in [6, 6.07) is -1.20. The molecular weight excluding hydrogens is 450 g/mol. The third kappa shape index (κ3) is 4.97. The van der Waals surface area contributed by atoms with Gasteiger partial charge in [-0.15, -0.1) is 0 Å². The first-order chi connectivity index (χ1) is 16.5. The van der Waals surface area contributed by atoms with E-state index in [2.05, 4.69) is 30.4 Å². The number of aliphatic carboxylic acids is 1. The largest absolute Gasteiger partial charge is 0.480 e. The number of aliphatic hydroxyl groups is 1. The maximum Gasteiger partial charge on any atom is 0.326 e. The molecule has 9 nitrogen and oxygen atoms in total. The average Bonchev–Trinajstić information content (AvgIpc) is 3.11. The van der Waals surface area contributed by atoms with E-state index >= 15 is 0 Å². The van der Waals surface area contributed by atoms with Crippen molar-refractivity contribution in [2.24, 2.45) is 39.5 Å². The summed E-state index contributed by atoms with van der Waals surface area (Å²) in [5, 5.41) is 26.4. The van der Waals surface area contributed by atoms with E-state index in [1.165, 1.54) is 5.57 Å². The zero-order valence-corrected chi connectivity index (χ0v) is 20.8. The highest BCUT2D eigenvalue weighted by Gasteiger charge is 2.58. The molecule has 4 aliphatic rings. The molecule has 5 N–H and O–H groups in total. The van der Waals surface area contributed by atoms with Crippen molar-refractivity contribution >= 4 is 23.5 Å². The molecule has 0 heterocycles. The van der Waals surface area contributed by atoms with Crippen LogP contribution in [0.4, 0.5) is 0 Å². The topological polar surface area (TPSA) is 151 Å². The Morgan fingerprint density at radius 2 is 1.94 bits per heavy atom. The lowest BCUT2D eigenvalue weighted by Crippen LogP contribution is -2.51. The summed E-state index contributed by atoms with van der Waals surface area (Å²) in [5.41, 5.74) is 7.50. The van der Waals surface area contributed by atoms with Gasteiger partial charge in [0.05, 0.1) is 11.8 Å². The van der Waals surface area contributed by atoms with E-state index in [1.807, 2.05) is 0 Å². The molecule has 0 saturated heterocycles. The Labute approximate surface area is 206 Å². The molecule has 194 valence electrons. The molecule has 9 heteroatoms. The maximum atomic E-state index is 12.1. The van der Waals surface area contributed by atoms with E-state index < -0.39 is 30.4 Å². The monoisotopic (exact) mass is 489 g/mol. The SMILES string of the molecule is C[C@]12CC[C@@H]3[C@H](CCC4=CC(=NOCC(=O)N[C@H](CCC(N)=O)C(=O)O)CC[C@@]43C)[C@@H]1CC[C@@H]2O. The van der Waals surface area contributed by atoms with E-state index in [9.17, 15) is 24.6 Å². The molecule has 3 saturated carbocycles. The van der Waals surface area contributed by atoms with E-state index in [4.69, 9.17) is 10.6 Å². The van der Waals surface area contributed by atoms with Gasteiger partial charge in [-0.05, 0) is 92.4 Å². The summed E-state index contributed by atoms with van der Waals surface area (Å²) >= 11 is 0. The van der Waals surface area contributed by atoms with Gasteiger partial charge in [-0.2, -0.15) is 0 Å². The number of oxime groups is 1. The van der Waals surface area contributed by atoms with Gasteiger partial charge in [0.25, 0.3) is 5.91 Å². The highest BCUT2D eigenvalue weighted by atomic mass is 16.6. The van der Waals surface area contributed by atoms with Crippen molar-refractivity contribution in [2.75, 3.05) is 6.61 Å². The van der Waals surface area contributed by atoms with Gasteiger partial charge in [0.1, 0.15) is 6.04 Å². The minimum Gasteiger partial charge on any atom is -0.480 e. The van der Waals surface area contributed by atoms with Crippen molar-refractivity contribution in [1.82, 2.24) is 5.32 Å². The number of carbonyl (C=O) groups is 3. The number of carbonyl (C=O) groups excluding carboxylic acids is 2. The predicted octanol–water partition coefficient (Wildman–Crippen LogP) is 2.52. The summed E-state index contributed by atoms with van der Waals surface area (Å²) in [6.07, 6.45) is 10.1. The van der Waals surface area contributed by atoms with Gasteiger partial charge < -0.3 is 26.1 Å². The van der Waals surface area contributed by atoms with Crippen LogP contribution in [0.1, 0.15) is 78.1 Å². The fourth-order valence-corrected chi connectivity index (χ4v) is 7.57. The van der Waals surface area contributed by atoms with Gasteiger partial charge in [0, 0.05) is 6.42 Å². The molecule has 35 heavy (non-hydrogen) atoms. The zero-order valence-electron chi connectivity index (χ0n) is 20.8. The van der Waals surface area contributed by atoms with Gasteiger partial charge in [-0.1, -0.05) is 24.6 Å². The highest BCUT2D eigenvalue weighted by molar-refractivity contribution is 5.96. The Morgan fingerprint density at radius 1 is 1.17 bits per heavy atom. The van der Waals surface area contributed by atoms with Crippen molar-refractivity contribution in [3.63, 3.8) is 0 Å². The lowest BCUT2D eigenvalue weighted by Gasteiger charge is -2.57. The molecule has 3 fully saturated rings. The maximum absolute atomic E-state index is 12.1. The van der Waals surface area contributed by atoms with Gasteiger partial charge in [0.15, 0.2) is 6.61 Å². The zero-order chi connectivity index (χ0) is 25.4. The molecular formula is C26H39N3O6. The quantitative estimate of drug-likeness (QED) is 0.385. The molecule has 4 rings (SSSR count). The lowest BCUT2D eigenvalue weighted by atomic mass is 9.47. The highest BCUT2D eigenvalue weighted by Crippen LogP contribution is 2.65. The second-order valence-electron chi connectivity index (χ2n) is 11.5. The van der Waals surface area contributed by atoms with Gasteiger partial charge in [0.2, 0.25) is 5.91 Å². The summed E-state index contributed by atoms with van der Waals surface area (Å²) in [5.74, 6) is -0.542. The average molecular weight is 490 g/mol. The fourth-order valence-electron chi connectivity index (χ4n) is 7.57. The molecule has 0 aliphatic heterocycles. The van der Waals surface area contributed by atoms with Crippen LogP contribution in [0.2, 0.25) is 0 Å². The van der Waals surface area contributed by atoms with Crippen LogP contribution in [0.3, 0.4) is 0 Å². The fraction of sp³-hybridized carbons (Fsp3) is 0.769. The van der Waals surface area contributed by atoms with Crippen molar-refractivity contribution in [1.29, 1.82) is 0 Å². The third-order valence-corrected chi connectivity index (χ3v) is 9.62. The minimum atomic E-state index is -1.23. The Morgan fingerprint density at radius 3 is 2.66 bits per heavy atom. The predicted molar refractivity (Wildman–Crippen MR) is 129 cm³/mol. The van der Waals surface area contributed by atoms with E-state index in [1.54, 1.807) is 0 Å². The van der Waals surface area contributed by atoms with Crippen LogP contribution in [-0.2, 0) is 19.2 Å². The van der Waals surface area contributed by atoms with Crippen LogP contribution in [0, 0.1) is 28.6 Å². The lowest BCUT2D eigenvalue weighted by molar-refractivity contribution is -0.142. The Balaban J connectivity index is 1.35. The molecule has 0 radical (unpaired) electrons. The number of hydrogen-bond donors (Lipinski definition) is 4. The Bertz CT molecular complexity index is 932. The summed E-state index contributed by atoms with van der Waals surface area (Å²) in [7, 11) is 0. The molecule has 0 aromatic carbocycles. The summed E-state index contributed by atoms with van der Waals surface area (Å²) in [6.45, 7) is 4.30. The standard InChI is InChI=1S/C26H39N3O6/c1-25-11-9-16(29-35-14-23(32)28-20(24(33)34)6-8-22(27)31)13-15(25)3-4-17-18-5-7-21(30)26(18,2)12-10-19(17)25/h13,17-21,30H,3-12,14H2,1-2H3,(H2,27,31)(H,28,32)(H,33,34)/t17-,18+,19-,20-,21+,25+,26+/m1/s1. The van der Waals surface area contributed by atoms with Crippen LogP contribution in [0.25, 0.3) is 0 Å². The van der Waals surface area contributed by atoms with Crippen LogP contribution < -0.4 is 11.1 Å². The van der Waals surface area contributed by atoms with Crippen molar-refractivity contribution < 1.29 is 29.4 Å². The molecule has 4 aliphatic carbocycles. The number of amides is 2. The molecule has 0 aromatic heterocycles. The first kappa shape index (κ1) is 25.7. The second kappa shape index (κ2) is 9.91. The Kier molecular flexibility index (Phi) is 7.27. The summed E-state index contributed by atoms with van der Waals surface area (Å²) in [4.78, 5) is 39.5. The van der Waals surface area contributed by atoms with E-state index in [-0.39, 0.29) is 29.8 Å². The van der Waals surface area contributed by atoms with Crippen molar-refractivity contribution in [2.45, 2.75) is 90.2 Å². The summed E-state index contributed by atoms with van der Waals surface area (Å²) < 4.78 is 0. The smallest absolute Gasteiger partial charge is 0.326 e. The molecule has 0 spiro atoms. The molecule has 0 bridgehead atoms. The number of carboxylic acids is 1. The van der Waals surface area contributed by atoms with Crippen molar-refractivity contribution in [3.05, 3.63) is 11.6 Å². The van der Waals surface area contributed by atoms with E-state index in [0.717, 1.165) is 57.1 Å². The number of nitrogens with two attached hydrogens (primary N) is 1. The number of allylic oxidation sites excluding steroid dienone is 2. The number of fused-ring (bicyclic) bond motifs is 5. The number of nitrogens with one attached hydrogen (secondary N) is 1. The number of carboxylic acid groups (broad SMARTS) is 1. The normalized spacial score (nSPS) is 37.9. The van der Waals surface area contributed by atoms with Gasteiger partial charge in [-0.3, -0.25) is 9.59 Å². The van der Waals surface area contributed by atoms with Crippen LogP contribution in [0.5, 0.6) is 0 Å². The number of aliphatic hydroxyl groups excluding tert-OH is 1. The third-order valence-electron chi connectivity index (χ3n) is 9.62. The van der Waals surface area contributed by atoms with E-state index in [0.29, 0.717) is 17.8 Å². The second-order valence-corrected chi connectivity index (χ2v) is 11.5. The number of hydrogen-bond acceptors (Lipinski definition) is 6. The Hall–Kier alpha value is -2.42. The first-order valence-corrected chi connectivity index (χ1v) is 12.9. The molecule has 7 atom stereocenters. The van der Waals surface area contributed by atoms with Gasteiger partial charge in [-0.25, -0.2) is 4.79 Å². The van der Waals surface area contributed by atoms with Crippen LogP contribution in [-0.4, -0.2) is 52.5 Å². The molecule has 0 unspecified atom stereocenters. The number of nitrogens with zero attached hydrogens (tertiary/aromatic N) is 1. The van der Waals surface area contributed by atoms with Crippen LogP contribution in [0.15, 0.2) is 16.8 Å².